The number of aromatic amines is 1. The van der Waals surface area contributed by atoms with E-state index in [-0.39, 0.29) is 5.91 Å². The van der Waals surface area contributed by atoms with Crippen LogP contribution in [0.4, 0.5) is 0 Å². The SMILES string of the molecule is O=C(/C=C/c1ccccc1)N1CCCC(c2ccn[nH]2)C1. The molecule has 1 unspecified atom stereocenters. The van der Waals surface area contributed by atoms with Gasteiger partial charge in [0.15, 0.2) is 0 Å². The number of nitrogens with one attached hydrogen (secondary N) is 1. The molecule has 0 saturated carbocycles. The number of nitrogens with zero attached hydrogens (tertiary/aromatic N) is 2. The number of aromatic nitrogens is 2. The summed E-state index contributed by atoms with van der Waals surface area (Å²) < 4.78 is 0. The third kappa shape index (κ3) is 3.40. The quantitative estimate of drug-likeness (QED) is 0.879. The van der Waals surface area contributed by atoms with Crippen molar-refractivity contribution in [2.75, 3.05) is 13.1 Å². The average Bonchev–Trinajstić information content (AvgIpc) is 3.08. The minimum atomic E-state index is 0.0862. The Morgan fingerprint density at radius 2 is 2.14 bits per heavy atom. The molecule has 0 aliphatic carbocycles. The van der Waals surface area contributed by atoms with E-state index in [1.807, 2.05) is 47.4 Å². The van der Waals surface area contributed by atoms with Gasteiger partial charge < -0.3 is 4.90 Å². The van der Waals surface area contributed by atoms with Crippen LogP contribution in [0.2, 0.25) is 0 Å². The molecule has 1 N–H and O–H groups in total. The number of carbonyl (C=O) groups excluding carboxylic acids is 1. The molecule has 0 spiro atoms. The Kier molecular flexibility index (Phi) is 4.15. The van der Waals surface area contributed by atoms with E-state index >= 15 is 0 Å². The van der Waals surface area contributed by atoms with E-state index in [0.717, 1.165) is 37.2 Å². The number of H-pyrrole nitrogens is 1. The van der Waals surface area contributed by atoms with Gasteiger partial charge in [0.25, 0.3) is 0 Å². The molecule has 2 heterocycles. The van der Waals surface area contributed by atoms with E-state index in [4.69, 9.17) is 0 Å². The maximum atomic E-state index is 12.3. The molecule has 1 fully saturated rings. The van der Waals surface area contributed by atoms with Crippen LogP contribution in [0.25, 0.3) is 6.08 Å². The standard InChI is InChI=1S/C17H19N3O/c21-17(9-8-14-5-2-1-3-6-14)20-12-4-7-15(13-20)16-10-11-18-19-16/h1-3,5-6,8-11,15H,4,7,12-13H2,(H,18,19)/b9-8+. The van der Waals surface area contributed by atoms with Crippen LogP contribution in [-0.2, 0) is 4.79 Å². The van der Waals surface area contributed by atoms with E-state index in [9.17, 15) is 4.79 Å². The number of hydrogen-bond acceptors (Lipinski definition) is 2. The molecule has 1 saturated heterocycles. The van der Waals surface area contributed by atoms with Gasteiger partial charge in [-0.2, -0.15) is 5.10 Å². The molecule has 0 bridgehead atoms. The second-order valence-electron chi connectivity index (χ2n) is 5.38. The third-order valence-corrected chi connectivity index (χ3v) is 3.91. The molecule has 4 nitrogen and oxygen atoms in total. The largest absolute Gasteiger partial charge is 0.338 e. The molecule has 1 aliphatic heterocycles. The van der Waals surface area contributed by atoms with E-state index in [2.05, 4.69) is 10.2 Å². The second kappa shape index (κ2) is 6.39. The van der Waals surface area contributed by atoms with Gasteiger partial charge in [0.2, 0.25) is 5.91 Å². The molecule has 1 amide bonds. The number of carbonyl (C=O) groups is 1. The van der Waals surface area contributed by atoms with Gasteiger partial charge in [-0.3, -0.25) is 9.89 Å². The van der Waals surface area contributed by atoms with Gasteiger partial charge >= 0.3 is 0 Å². The van der Waals surface area contributed by atoms with Gasteiger partial charge in [0.05, 0.1) is 0 Å². The highest BCUT2D eigenvalue weighted by Crippen LogP contribution is 2.25. The zero-order chi connectivity index (χ0) is 14.5. The molecule has 0 radical (unpaired) electrons. The van der Waals surface area contributed by atoms with Crippen molar-refractivity contribution in [2.45, 2.75) is 18.8 Å². The average molecular weight is 281 g/mol. The van der Waals surface area contributed by atoms with Gasteiger partial charge in [0, 0.05) is 37.0 Å². The van der Waals surface area contributed by atoms with Gasteiger partial charge in [0.1, 0.15) is 0 Å². The molecule has 4 heteroatoms. The van der Waals surface area contributed by atoms with Crippen molar-refractivity contribution < 1.29 is 4.79 Å². The van der Waals surface area contributed by atoms with E-state index in [1.54, 1.807) is 12.3 Å². The van der Waals surface area contributed by atoms with Crippen molar-refractivity contribution in [3.05, 3.63) is 59.9 Å². The lowest BCUT2D eigenvalue weighted by Crippen LogP contribution is -2.38. The van der Waals surface area contributed by atoms with E-state index < -0.39 is 0 Å². The van der Waals surface area contributed by atoms with Crippen molar-refractivity contribution in [3.8, 4) is 0 Å². The lowest BCUT2D eigenvalue weighted by molar-refractivity contribution is -0.127. The van der Waals surface area contributed by atoms with Crippen molar-refractivity contribution in [2.24, 2.45) is 0 Å². The normalized spacial score (nSPS) is 19.0. The van der Waals surface area contributed by atoms with Crippen LogP contribution < -0.4 is 0 Å². The van der Waals surface area contributed by atoms with Crippen molar-refractivity contribution in [3.63, 3.8) is 0 Å². The zero-order valence-corrected chi connectivity index (χ0v) is 11.9. The highest BCUT2D eigenvalue weighted by Gasteiger charge is 2.24. The summed E-state index contributed by atoms with van der Waals surface area (Å²) in [6, 6.07) is 11.9. The van der Waals surface area contributed by atoms with Crippen molar-refractivity contribution in [1.82, 2.24) is 15.1 Å². The number of amides is 1. The van der Waals surface area contributed by atoms with Crippen LogP contribution >= 0.6 is 0 Å². The van der Waals surface area contributed by atoms with E-state index in [1.165, 1.54) is 0 Å². The first-order valence-corrected chi connectivity index (χ1v) is 7.34. The number of piperidine rings is 1. The number of rotatable bonds is 3. The highest BCUT2D eigenvalue weighted by atomic mass is 16.2. The first-order chi connectivity index (χ1) is 10.3. The molecule has 2 aromatic rings. The second-order valence-corrected chi connectivity index (χ2v) is 5.38. The van der Waals surface area contributed by atoms with Crippen LogP contribution in [0.15, 0.2) is 48.7 Å². The van der Waals surface area contributed by atoms with Crippen LogP contribution in [0.3, 0.4) is 0 Å². The minimum Gasteiger partial charge on any atom is -0.338 e. The lowest BCUT2D eigenvalue weighted by atomic mass is 9.95. The maximum absolute atomic E-state index is 12.3. The fraction of sp³-hybridized carbons (Fsp3) is 0.294. The highest BCUT2D eigenvalue weighted by molar-refractivity contribution is 5.91. The third-order valence-electron chi connectivity index (χ3n) is 3.91. The summed E-state index contributed by atoms with van der Waals surface area (Å²) in [4.78, 5) is 14.2. The molecule has 108 valence electrons. The number of hydrogen-bond donors (Lipinski definition) is 1. The Balaban J connectivity index is 1.63. The predicted octanol–water partition coefficient (Wildman–Crippen LogP) is 2.83. The Bertz CT molecular complexity index is 604. The minimum absolute atomic E-state index is 0.0862. The molecule has 3 rings (SSSR count). The summed E-state index contributed by atoms with van der Waals surface area (Å²) in [5.74, 6) is 0.457. The van der Waals surface area contributed by atoms with Crippen LogP contribution in [0.1, 0.15) is 30.0 Å². The first-order valence-electron chi connectivity index (χ1n) is 7.34. The fourth-order valence-electron chi connectivity index (χ4n) is 2.76. The van der Waals surface area contributed by atoms with Crippen LogP contribution in [0, 0.1) is 0 Å². The number of likely N-dealkylation sites (tertiary alicyclic amines) is 1. The summed E-state index contributed by atoms with van der Waals surface area (Å²) in [6.45, 7) is 1.60. The monoisotopic (exact) mass is 281 g/mol. The molecule has 1 aliphatic rings. The first kappa shape index (κ1) is 13.6. The number of benzene rings is 1. The molecular formula is C17H19N3O. The van der Waals surface area contributed by atoms with Gasteiger partial charge in [-0.25, -0.2) is 0 Å². The van der Waals surface area contributed by atoms with Crippen molar-refractivity contribution in [1.29, 1.82) is 0 Å². The summed E-state index contributed by atoms with van der Waals surface area (Å²) in [7, 11) is 0. The van der Waals surface area contributed by atoms with Crippen molar-refractivity contribution >= 4 is 12.0 Å². The lowest BCUT2D eigenvalue weighted by Gasteiger charge is -2.31. The van der Waals surface area contributed by atoms with E-state index in [0.29, 0.717) is 5.92 Å². The smallest absolute Gasteiger partial charge is 0.246 e. The van der Waals surface area contributed by atoms with Crippen LogP contribution in [0.5, 0.6) is 0 Å². The Morgan fingerprint density at radius 3 is 2.90 bits per heavy atom. The Hall–Kier alpha value is -2.36. The summed E-state index contributed by atoms with van der Waals surface area (Å²) in [5, 5.41) is 7.02. The summed E-state index contributed by atoms with van der Waals surface area (Å²) >= 11 is 0. The Morgan fingerprint density at radius 1 is 1.29 bits per heavy atom. The van der Waals surface area contributed by atoms with Gasteiger partial charge in [-0.1, -0.05) is 30.3 Å². The maximum Gasteiger partial charge on any atom is 0.246 e. The Labute approximate surface area is 124 Å². The van der Waals surface area contributed by atoms with Crippen LogP contribution in [-0.4, -0.2) is 34.1 Å². The molecular weight excluding hydrogens is 262 g/mol. The molecule has 1 aromatic carbocycles. The molecule has 1 aromatic heterocycles. The summed E-state index contributed by atoms with van der Waals surface area (Å²) in [6.07, 6.45) is 7.46. The van der Waals surface area contributed by atoms with Gasteiger partial charge in [-0.05, 0) is 30.5 Å². The molecule has 1 atom stereocenters. The summed E-state index contributed by atoms with van der Waals surface area (Å²) in [5.41, 5.74) is 2.17. The van der Waals surface area contributed by atoms with Gasteiger partial charge in [-0.15, -0.1) is 0 Å². The predicted molar refractivity (Wildman–Crippen MR) is 82.6 cm³/mol. The molecule has 21 heavy (non-hydrogen) atoms. The zero-order valence-electron chi connectivity index (χ0n) is 11.9. The fourth-order valence-corrected chi connectivity index (χ4v) is 2.76. The topological polar surface area (TPSA) is 49.0 Å².